The van der Waals surface area contributed by atoms with Gasteiger partial charge in [-0.1, -0.05) is 158 Å². The maximum atomic E-state index is 10.2. The third kappa shape index (κ3) is 4.19. The molecule has 9 aromatic rings. The van der Waals surface area contributed by atoms with Gasteiger partial charge in [-0.25, -0.2) is 0 Å². The zero-order valence-corrected chi connectivity index (χ0v) is 27.2. The first-order valence-electron chi connectivity index (χ1n) is 17.1. The van der Waals surface area contributed by atoms with Gasteiger partial charge in [0.05, 0.1) is 11.6 Å². The highest BCUT2D eigenvalue weighted by Crippen LogP contribution is 2.58. The van der Waals surface area contributed by atoms with Crippen molar-refractivity contribution < 1.29 is 0 Å². The molecule has 0 N–H and O–H groups in total. The number of benzene rings is 9. The van der Waals surface area contributed by atoms with Crippen molar-refractivity contribution in [3.05, 3.63) is 181 Å². The van der Waals surface area contributed by atoms with Gasteiger partial charge >= 0.3 is 0 Å². The molecule has 50 heavy (non-hydrogen) atoms. The van der Waals surface area contributed by atoms with Gasteiger partial charge in [-0.15, -0.1) is 0 Å². The van der Waals surface area contributed by atoms with Crippen molar-refractivity contribution in [3.63, 3.8) is 0 Å². The molecular formula is C49H29N. The molecule has 0 fully saturated rings. The molecule has 0 atom stereocenters. The van der Waals surface area contributed by atoms with Crippen molar-refractivity contribution >= 4 is 32.3 Å². The van der Waals surface area contributed by atoms with E-state index >= 15 is 0 Å². The van der Waals surface area contributed by atoms with E-state index in [0.717, 1.165) is 22.3 Å². The molecule has 1 heteroatoms. The van der Waals surface area contributed by atoms with E-state index in [1.54, 1.807) is 0 Å². The minimum Gasteiger partial charge on any atom is -0.192 e. The number of rotatable bonds is 4. The summed E-state index contributed by atoms with van der Waals surface area (Å²) in [7, 11) is 0. The maximum absolute atomic E-state index is 10.2. The van der Waals surface area contributed by atoms with Gasteiger partial charge in [0, 0.05) is 0 Å². The highest BCUT2D eigenvalue weighted by atomic mass is 14.3. The summed E-state index contributed by atoms with van der Waals surface area (Å²) < 4.78 is 0. The topological polar surface area (TPSA) is 23.8 Å². The van der Waals surface area contributed by atoms with E-state index in [1.165, 1.54) is 76.8 Å². The van der Waals surface area contributed by atoms with Crippen LogP contribution in [0.1, 0.15) is 5.56 Å². The van der Waals surface area contributed by atoms with Crippen molar-refractivity contribution in [2.24, 2.45) is 0 Å². The van der Waals surface area contributed by atoms with Gasteiger partial charge in [-0.2, -0.15) is 5.26 Å². The lowest BCUT2D eigenvalue weighted by molar-refractivity contribution is 1.48. The number of hydrogen-bond acceptors (Lipinski definition) is 1. The molecule has 1 aliphatic carbocycles. The second kappa shape index (κ2) is 11.2. The first-order chi connectivity index (χ1) is 24.8. The van der Waals surface area contributed by atoms with Crippen LogP contribution in [-0.2, 0) is 0 Å². The van der Waals surface area contributed by atoms with Crippen LogP contribution in [0.5, 0.6) is 0 Å². The lowest BCUT2D eigenvalue weighted by atomic mass is 9.82. The molecule has 0 heterocycles. The zero-order valence-electron chi connectivity index (χ0n) is 27.2. The quantitative estimate of drug-likeness (QED) is 0.190. The van der Waals surface area contributed by atoms with Gasteiger partial charge < -0.3 is 0 Å². The smallest absolute Gasteiger partial charge is 0.0992 e. The van der Waals surface area contributed by atoms with E-state index in [9.17, 15) is 5.26 Å². The second-order valence-corrected chi connectivity index (χ2v) is 13.1. The number of nitriles is 1. The summed E-state index contributed by atoms with van der Waals surface area (Å²) in [6.45, 7) is 0. The van der Waals surface area contributed by atoms with Crippen molar-refractivity contribution in [1.82, 2.24) is 0 Å². The third-order valence-corrected chi connectivity index (χ3v) is 10.4. The van der Waals surface area contributed by atoms with E-state index in [1.807, 2.05) is 12.1 Å². The molecule has 0 amide bonds. The molecule has 9 aromatic carbocycles. The van der Waals surface area contributed by atoms with E-state index in [-0.39, 0.29) is 0 Å². The number of fused-ring (bicyclic) bond motifs is 5. The Kier molecular flexibility index (Phi) is 6.31. The predicted molar refractivity (Wildman–Crippen MR) is 210 cm³/mol. The first-order valence-corrected chi connectivity index (χ1v) is 17.1. The minimum absolute atomic E-state index is 0.654. The van der Waals surface area contributed by atoms with Gasteiger partial charge in [0.1, 0.15) is 0 Å². The van der Waals surface area contributed by atoms with Gasteiger partial charge in [0.2, 0.25) is 0 Å². The van der Waals surface area contributed by atoms with Crippen molar-refractivity contribution in [2.75, 3.05) is 0 Å². The Bertz CT molecular complexity index is 2760. The molecular weight excluding hydrogens is 603 g/mol. The predicted octanol–water partition coefficient (Wildman–Crippen LogP) is 13.3. The fourth-order valence-corrected chi connectivity index (χ4v) is 8.34. The summed E-state index contributed by atoms with van der Waals surface area (Å²) >= 11 is 0. The molecule has 10 rings (SSSR count). The fraction of sp³-hybridized carbons (Fsp3) is 0. The van der Waals surface area contributed by atoms with E-state index in [4.69, 9.17) is 0 Å². The van der Waals surface area contributed by atoms with Crippen LogP contribution in [0.2, 0.25) is 0 Å². The Labute approximate surface area is 291 Å². The summed E-state index contributed by atoms with van der Waals surface area (Å²) in [5.41, 5.74) is 15.0. The summed E-state index contributed by atoms with van der Waals surface area (Å²) in [5.74, 6) is 0. The molecule has 0 unspecified atom stereocenters. The van der Waals surface area contributed by atoms with Crippen molar-refractivity contribution in [3.8, 4) is 72.8 Å². The molecule has 0 aromatic heterocycles. The third-order valence-electron chi connectivity index (χ3n) is 10.4. The monoisotopic (exact) mass is 631 g/mol. The molecule has 230 valence electrons. The van der Waals surface area contributed by atoms with Crippen LogP contribution in [0.25, 0.3) is 99.1 Å². The summed E-state index contributed by atoms with van der Waals surface area (Å²) in [5, 5.41) is 17.6. The highest BCUT2D eigenvalue weighted by molar-refractivity contribution is 6.28. The van der Waals surface area contributed by atoms with Gasteiger partial charge in [0.25, 0.3) is 0 Å². The van der Waals surface area contributed by atoms with Crippen molar-refractivity contribution in [1.29, 1.82) is 5.26 Å². The number of nitrogens with zero attached hydrogens (tertiary/aromatic N) is 1. The van der Waals surface area contributed by atoms with Crippen LogP contribution >= 0.6 is 0 Å². The Balaban J connectivity index is 1.29. The highest BCUT2D eigenvalue weighted by Gasteiger charge is 2.31. The molecule has 0 spiro atoms. The molecule has 0 aliphatic heterocycles. The van der Waals surface area contributed by atoms with Crippen LogP contribution < -0.4 is 0 Å². The first kappa shape index (κ1) is 28.3. The van der Waals surface area contributed by atoms with Gasteiger partial charge in [-0.05, 0) is 117 Å². The van der Waals surface area contributed by atoms with Gasteiger partial charge in [0.15, 0.2) is 0 Å². The Morgan fingerprint density at radius 1 is 0.320 bits per heavy atom. The Morgan fingerprint density at radius 2 is 0.780 bits per heavy atom. The van der Waals surface area contributed by atoms with Gasteiger partial charge in [-0.3, -0.25) is 0 Å². The molecule has 0 saturated carbocycles. The lowest BCUT2D eigenvalue weighted by Gasteiger charge is -2.20. The average molecular weight is 632 g/mol. The van der Waals surface area contributed by atoms with E-state index in [0.29, 0.717) is 5.56 Å². The Morgan fingerprint density at radius 3 is 1.42 bits per heavy atom. The molecule has 0 saturated heterocycles. The second-order valence-electron chi connectivity index (χ2n) is 13.1. The molecule has 0 radical (unpaired) electrons. The average Bonchev–Trinajstić information content (AvgIpc) is 3.52. The SMILES string of the molecule is N#Cc1cc(-c2cccc3ccccc23)cc(-c2ccc3c4c(cccc24)-c2c-3c(-c3ccccc3)c3ccccc3c2-c2ccccc2)c1. The maximum Gasteiger partial charge on any atom is 0.0992 e. The van der Waals surface area contributed by atoms with Crippen molar-refractivity contribution in [2.45, 2.75) is 0 Å². The lowest BCUT2D eigenvalue weighted by Crippen LogP contribution is -1.93. The minimum atomic E-state index is 0.654. The van der Waals surface area contributed by atoms with Crippen LogP contribution in [0.15, 0.2) is 176 Å². The summed E-state index contributed by atoms with van der Waals surface area (Å²) in [6.07, 6.45) is 0. The summed E-state index contributed by atoms with van der Waals surface area (Å²) in [4.78, 5) is 0. The Hall–Kier alpha value is -6.75. The summed E-state index contributed by atoms with van der Waals surface area (Å²) in [6, 6.07) is 65.5. The van der Waals surface area contributed by atoms with Crippen LogP contribution in [-0.4, -0.2) is 0 Å². The standard InChI is InChI=1S/C49H29N/c50-30-31-27-35(38-22-11-18-32-13-7-8-19-37(32)38)29-36(28-31)39-25-26-44-47-40(39)23-12-24-43(47)48-45(33-14-3-1-4-15-33)41-20-9-10-21-42(41)46(49(44)48)34-16-5-2-6-17-34/h1-29H. The normalized spacial score (nSPS) is 11.6. The number of hydrogen-bond donors (Lipinski definition) is 0. The van der Waals surface area contributed by atoms with Crippen LogP contribution in [0.4, 0.5) is 0 Å². The molecule has 1 nitrogen and oxygen atoms in total. The van der Waals surface area contributed by atoms with E-state index in [2.05, 4.69) is 170 Å². The molecule has 0 bridgehead atoms. The van der Waals surface area contributed by atoms with E-state index < -0.39 is 0 Å². The fourth-order valence-electron chi connectivity index (χ4n) is 8.34. The van der Waals surface area contributed by atoms with Crippen LogP contribution in [0, 0.1) is 11.3 Å². The zero-order chi connectivity index (χ0) is 33.2. The molecule has 1 aliphatic rings. The van der Waals surface area contributed by atoms with Crippen LogP contribution in [0.3, 0.4) is 0 Å². The largest absolute Gasteiger partial charge is 0.192 e.